The molecule has 2 aromatic carbocycles. The van der Waals surface area contributed by atoms with Crippen LogP contribution >= 0.6 is 11.6 Å². The molecular weight excluding hydrogens is 237 g/mol. The minimum absolute atomic E-state index is 0.271. The molecule has 0 unspecified atom stereocenters. The van der Waals surface area contributed by atoms with Gasteiger partial charge in [0.15, 0.2) is 0 Å². The maximum absolute atomic E-state index is 13.1. The molecule has 0 atom stereocenters. The standard InChI is InChI=1S/C14H13ClFN/c1-9-2-3-10(7-14(9)15)13-5-4-12(16)6-11(13)8-17/h2-7H,8,17H2,1H3. The quantitative estimate of drug-likeness (QED) is 0.858. The summed E-state index contributed by atoms with van der Waals surface area (Å²) in [6, 6.07) is 10.4. The predicted octanol–water partition coefficient (Wildman–Crippen LogP) is 3.91. The highest BCUT2D eigenvalue weighted by Crippen LogP contribution is 2.28. The number of hydrogen-bond donors (Lipinski definition) is 1. The summed E-state index contributed by atoms with van der Waals surface area (Å²) in [5.74, 6) is -0.271. The number of hydrogen-bond acceptors (Lipinski definition) is 1. The van der Waals surface area contributed by atoms with Gasteiger partial charge in [-0.2, -0.15) is 0 Å². The van der Waals surface area contributed by atoms with Crippen molar-refractivity contribution in [3.8, 4) is 11.1 Å². The summed E-state index contributed by atoms with van der Waals surface area (Å²) >= 11 is 6.09. The molecule has 0 saturated heterocycles. The molecule has 0 radical (unpaired) electrons. The van der Waals surface area contributed by atoms with Gasteiger partial charge in [-0.15, -0.1) is 0 Å². The third-order valence-electron chi connectivity index (χ3n) is 2.77. The molecule has 0 saturated carbocycles. The minimum Gasteiger partial charge on any atom is -0.326 e. The minimum atomic E-state index is -0.271. The molecule has 0 fully saturated rings. The first-order chi connectivity index (χ1) is 8.11. The van der Waals surface area contributed by atoms with Gasteiger partial charge in [0.2, 0.25) is 0 Å². The number of aryl methyl sites for hydroxylation is 1. The van der Waals surface area contributed by atoms with Crippen LogP contribution in [0, 0.1) is 12.7 Å². The topological polar surface area (TPSA) is 26.0 Å². The number of halogens is 2. The third kappa shape index (κ3) is 2.48. The molecule has 88 valence electrons. The predicted molar refractivity (Wildman–Crippen MR) is 69.5 cm³/mol. The summed E-state index contributed by atoms with van der Waals surface area (Å²) in [7, 11) is 0. The summed E-state index contributed by atoms with van der Waals surface area (Å²) in [4.78, 5) is 0. The van der Waals surface area contributed by atoms with Crippen molar-refractivity contribution in [1.29, 1.82) is 0 Å². The van der Waals surface area contributed by atoms with Crippen LogP contribution in [0.15, 0.2) is 36.4 Å². The van der Waals surface area contributed by atoms with Gasteiger partial charge >= 0.3 is 0 Å². The van der Waals surface area contributed by atoms with Gasteiger partial charge in [0, 0.05) is 11.6 Å². The van der Waals surface area contributed by atoms with Crippen molar-refractivity contribution < 1.29 is 4.39 Å². The van der Waals surface area contributed by atoms with E-state index >= 15 is 0 Å². The molecule has 0 aromatic heterocycles. The fourth-order valence-electron chi connectivity index (χ4n) is 1.77. The van der Waals surface area contributed by atoms with Crippen LogP contribution in [0.4, 0.5) is 4.39 Å². The molecule has 0 aliphatic heterocycles. The molecule has 0 spiro atoms. The van der Waals surface area contributed by atoms with Crippen LogP contribution in [0.25, 0.3) is 11.1 Å². The zero-order valence-corrected chi connectivity index (χ0v) is 10.3. The summed E-state index contributed by atoms with van der Waals surface area (Å²) in [6.45, 7) is 2.25. The molecule has 0 aliphatic rings. The molecule has 2 aromatic rings. The molecular formula is C14H13ClFN. The van der Waals surface area contributed by atoms with Gasteiger partial charge in [-0.05, 0) is 47.4 Å². The Morgan fingerprint density at radius 1 is 1.18 bits per heavy atom. The van der Waals surface area contributed by atoms with Crippen LogP contribution < -0.4 is 5.73 Å². The number of benzene rings is 2. The molecule has 0 aliphatic carbocycles. The van der Waals surface area contributed by atoms with Crippen LogP contribution in [-0.4, -0.2) is 0 Å². The van der Waals surface area contributed by atoms with Crippen molar-refractivity contribution in [2.75, 3.05) is 0 Å². The van der Waals surface area contributed by atoms with Crippen LogP contribution in [-0.2, 0) is 6.54 Å². The lowest BCUT2D eigenvalue weighted by Crippen LogP contribution is -1.99. The van der Waals surface area contributed by atoms with Gasteiger partial charge in [-0.25, -0.2) is 4.39 Å². The normalized spacial score (nSPS) is 10.6. The van der Waals surface area contributed by atoms with Crippen LogP contribution in [0.5, 0.6) is 0 Å². The van der Waals surface area contributed by atoms with Crippen molar-refractivity contribution >= 4 is 11.6 Å². The smallest absolute Gasteiger partial charge is 0.123 e. The number of nitrogens with two attached hydrogens (primary N) is 1. The first-order valence-corrected chi connectivity index (χ1v) is 5.74. The Kier molecular flexibility index (Phi) is 3.46. The van der Waals surface area contributed by atoms with Crippen LogP contribution in [0.1, 0.15) is 11.1 Å². The second kappa shape index (κ2) is 4.86. The Hall–Kier alpha value is -1.38. The SMILES string of the molecule is Cc1ccc(-c2ccc(F)cc2CN)cc1Cl. The van der Waals surface area contributed by atoms with Gasteiger partial charge in [0.1, 0.15) is 5.82 Å². The van der Waals surface area contributed by atoms with E-state index in [4.69, 9.17) is 17.3 Å². The Morgan fingerprint density at radius 3 is 2.59 bits per heavy atom. The highest BCUT2D eigenvalue weighted by molar-refractivity contribution is 6.31. The summed E-state index contributed by atoms with van der Waals surface area (Å²) in [5.41, 5.74) is 9.31. The summed E-state index contributed by atoms with van der Waals surface area (Å²) in [5, 5.41) is 0.704. The largest absolute Gasteiger partial charge is 0.326 e. The summed E-state index contributed by atoms with van der Waals surface area (Å²) < 4.78 is 13.1. The monoisotopic (exact) mass is 249 g/mol. The second-order valence-corrected chi connectivity index (χ2v) is 4.38. The Morgan fingerprint density at radius 2 is 1.94 bits per heavy atom. The van der Waals surface area contributed by atoms with Crippen molar-refractivity contribution in [1.82, 2.24) is 0 Å². The average molecular weight is 250 g/mol. The van der Waals surface area contributed by atoms with E-state index in [1.54, 1.807) is 6.07 Å². The van der Waals surface area contributed by atoms with Crippen molar-refractivity contribution in [2.45, 2.75) is 13.5 Å². The van der Waals surface area contributed by atoms with E-state index in [2.05, 4.69) is 0 Å². The van der Waals surface area contributed by atoms with Gasteiger partial charge in [0.05, 0.1) is 0 Å². The van der Waals surface area contributed by atoms with E-state index in [1.807, 2.05) is 25.1 Å². The highest BCUT2D eigenvalue weighted by atomic mass is 35.5. The lowest BCUT2D eigenvalue weighted by Gasteiger charge is -2.09. The zero-order chi connectivity index (χ0) is 12.4. The van der Waals surface area contributed by atoms with Crippen LogP contribution in [0.3, 0.4) is 0 Å². The molecule has 0 bridgehead atoms. The Bertz CT molecular complexity index is 552. The van der Waals surface area contributed by atoms with Gasteiger partial charge in [-0.1, -0.05) is 29.8 Å². The molecule has 17 heavy (non-hydrogen) atoms. The van der Waals surface area contributed by atoms with Gasteiger partial charge in [-0.3, -0.25) is 0 Å². The first-order valence-electron chi connectivity index (χ1n) is 5.37. The molecule has 0 heterocycles. The summed E-state index contributed by atoms with van der Waals surface area (Å²) in [6.07, 6.45) is 0. The van der Waals surface area contributed by atoms with E-state index in [0.29, 0.717) is 11.6 Å². The van der Waals surface area contributed by atoms with E-state index in [-0.39, 0.29) is 5.82 Å². The maximum Gasteiger partial charge on any atom is 0.123 e. The van der Waals surface area contributed by atoms with Gasteiger partial charge < -0.3 is 5.73 Å². The molecule has 0 amide bonds. The van der Waals surface area contributed by atoms with E-state index < -0.39 is 0 Å². The van der Waals surface area contributed by atoms with E-state index in [0.717, 1.165) is 22.3 Å². The lowest BCUT2D eigenvalue weighted by molar-refractivity contribution is 0.625. The average Bonchev–Trinajstić information content (AvgIpc) is 2.32. The lowest BCUT2D eigenvalue weighted by atomic mass is 9.98. The fourth-order valence-corrected chi connectivity index (χ4v) is 1.95. The highest BCUT2D eigenvalue weighted by Gasteiger charge is 2.06. The molecule has 2 rings (SSSR count). The third-order valence-corrected chi connectivity index (χ3v) is 3.18. The van der Waals surface area contributed by atoms with E-state index in [1.165, 1.54) is 12.1 Å². The fraction of sp³-hybridized carbons (Fsp3) is 0.143. The maximum atomic E-state index is 13.1. The van der Waals surface area contributed by atoms with Crippen molar-refractivity contribution in [2.24, 2.45) is 5.73 Å². The van der Waals surface area contributed by atoms with Crippen molar-refractivity contribution in [3.05, 3.63) is 58.4 Å². The Balaban J connectivity index is 2.55. The van der Waals surface area contributed by atoms with Crippen molar-refractivity contribution in [3.63, 3.8) is 0 Å². The zero-order valence-electron chi connectivity index (χ0n) is 9.50. The molecule has 2 N–H and O–H groups in total. The first kappa shape index (κ1) is 12.1. The number of rotatable bonds is 2. The molecule has 3 heteroatoms. The van der Waals surface area contributed by atoms with Gasteiger partial charge in [0.25, 0.3) is 0 Å². The van der Waals surface area contributed by atoms with Crippen LogP contribution in [0.2, 0.25) is 5.02 Å². The molecule has 1 nitrogen and oxygen atoms in total. The Labute approximate surface area is 105 Å². The second-order valence-electron chi connectivity index (χ2n) is 3.97. The van der Waals surface area contributed by atoms with E-state index in [9.17, 15) is 4.39 Å².